The Morgan fingerprint density at radius 2 is 2.06 bits per heavy atom. The predicted octanol–water partition coefficient (Wildman–Crippen LogP) is 4.22. The molecule has 0 saturated carbocycles. The molecule has 4 rings (SSSR count). The monoisotopic (exact) mass is 474 g/mol. The molecular formula is C20H22N6O2S3. The molecule has 0 aliphatic carbocycles. The molecule has 0 aromatic carbocycles. The van der Waals surface area contributed by atoms with Crippen molar-refractivity contribution in [3.63, 3.8) is 0 Å². The van der Waals surface area contributed by atoms with Crippen LogP contribution in [0.2, 0.25) is 0 Å². The van der Waals surface area contributed by atoms with Crippen LogP contribution in [0.25, 0.3) is 10.8 Å². The van der Waals surface area contributed by atoms with Gasteiger partial charge in [-0.2, -0.15) is 0 Å². The summed E-state index contributed by atoms with van der Waals surface area (Å²) in [5, 5.41) is 21.2. The van der Waals surface area contributed by atoms with E-state index in [1.807, 2.05) is 29.0 Å². The Labute approximate surface area is 192 Å². The van der Waals surface area contributed by atoms with Gasteiger partial charge < -0.3 is 13.9 Å². The van der Waals surface area contributed by atoms with Crippen molar-refractivity contribution in [2.24, 2.45) is 0 Å². The van der Waals surface area contributed by atoms with E-state index >= 15 is 0 Å². The zero-order chi connectivity index (χ0) is 21.5. The van der Waals surface area contributed by atoms with Crippen LogP contribution in [-0.2, 0) is 24.3 Å². The molecule has 162 valence electrons. The number of hydrogen-bond acceptors (Lipinski definition) is 9. The fourth-order valence-corrected chi connectivity index (χ4v) is 5.14. The van der Waals surface area contributed by atoms with Gasteiger partial charge in [-0.25, -0.2) is 0 Å². The summed E-state index contributed by atoms with van der Waals surface area (Å²) < 4.78 is 7.75. The van der Waals surface area contributed by atoms with E-state index < -0.39 is 0 Å². The quantitative estimate of drug-likeness (QED) is 0.301. The van der Waals surface area contributed by atoms with Gasteiger partial charge in [-0.15, -0.1) is 43.1 Å². The van der Waals surface area contributed by atoms with Gasteiger partial charge in [0.05, 0.1) is 17.2 Å². The lowest BCUT2D eigenvalue weighted by Gasteiger charge is -2.20. The van der Waals surface area contributed by atoms with E-state index in [0.717, 1.165) is 29.4 Å². The Balaban J connectivity index is 1.33. The number of carbonyl (C=O) groups is 1. The molecule has 0 aliphatic heterocycles. The van der Waals surface area contributed by atoms with E-state index in [-0.39, 0.29) is 11.7 Å². The van der Waals surface area contributed by atoms with Crippen LogP contribution in [0.15, 0.2) is 50.9 Å². The fraction of sp³-hybridized carbons (Fsp3) is 0.350. The Morgan fingerprint density at radius 3 is 2.84 bits per heavy atom. The minimum Gasteiger partial charge on any atom is -0.418 e. The molecule has 31 heavy (non-hydrogen) atoms. The molecule has 11 heteroatoms. The molecule has 8 nitrogen and oxygen atoms in total. The average Bonchev–Trinajstić information content (AvgIpc) is 3.57. The van der Waals surface area contributed by atoms with Crippen LogP contribution in [0.1, 0.15) is 24.1 Å². The van der Waals surface area contributed by atoms with E-state index in [2.05, 4.69) is 37.9 Å². The zero-order valence-corrected chi connectivity index (χ0v) is 19.5. The molecule has 4 aromatic rings. The number of aryl methyl sites for hydroxylation is 2. The van der Waals surface area contributed by atoms with Crippen molar-refractivity contribution in [1.82, 2.24) is 29.9 Å². The van der Waals surface area contributed by atoms with E-state index in [1.165, 1.54) is 16.6 Å². The average molecular weight is 475 g/mol. The number of thiophene rings is 2. The third-order valence-corrected chi connectivity index (χ3v) is 7.21. The lowest BCUT2D eigenvalue weighted by atomic mass is 10.3. The Hall–Kier alpha value is -2.50. The number of nitrogens with zero attached hydrogens (tertiary/aromatic N) is 6. The number of thioether (sulfide) groups is 1. The predicted molar refractivity (Wildman–Crippen MR) is 122 cm³/mol. The normalized spacial score (nSPS) is 11.1. The molecule has 0 fully saturated rings. The van der Waals surface area contributed by atoms with Gasteiger partial charge in [0.2, 0.25) is 11.8 Å². The van der Waals surface area contributed by atoms with Crippen molar-refractivity contribution in [2.45, 2.75) is 38.0 Å². The largest absolute Gasteiger partial charge is 0.418 e. The van der Waals surface area contributed by atoms with Crippen molar-refractivity contribution < 1.29 is 9.21 Å². The van der Waals surface area contributed by atoms with Gasteiger partial charge in [-0.05, 0) is 35.7 Å². The number of carbonyl (C=O) groups excluding carboxylic acids is 1. The van der Waals surface area contributed by atoms with Gasteiger partial charge >= 0.3 is 0 Å². The lowest BCUT2D eigenvalue weighted by Crippen LogP contribution is -2.33. The standard InChI is InChI=1S/C20H22N6O2S3/c1-2-8-25(12-17-22-23-19(28-17)16-6-4-11-30-16)18(27)13-31-20-24-21-14-26(20)9-7-15-5-3-10-29-15/h3-6,10-11,14H,2,7-9,12-13H2,1H3. The number of aromatic nitrogens is 5. The lowest BCUT2D eigenvalue weighted by molar-refractivity contribution is -0.129. The second kappa shape index (κ2) is 10.7. The van der Waals surface area contributed by atoms with E-state index in [1.54, 1.807) is 33.9 Å². The number of rotatable bonds is 11. The maximum Gasteiger partial charge on any atom is 0.257 e. The molecule has 0 atom stereocenters. The van der Waals surface area contributed by atoms with Crippen LogP contribution >= 0.6 is 34.4 Å². The summed E-state index contributed by atoms with van der Waals surface area (Å²) in [4.78, 5) is 16.9. The third-order valence-electron chi connectivity index (χ3n) is 4.46. The molecular weight excluding hydrogens is 452 g/mol. The highest BCUT2D eigenvalue weighted by molar-refractivity contribution is 7.99. The van der Waals surface area contributed by atoms with Gasteiger partial charge in [-0.1, -0.05) is 30.8 Å². The molecule has 0 saturated heterocycles. The van der Waals surface area contributed by atoms with Gasteiger partial charge in [-0.3, -0.25) is 4.79 Å². The van der Waals surface area contributed by atoms with E-state index in [4.69, 9.17) is 4.42 Å². The van der Waals surface area contributed by atoms with Crippen molar-refractivity contribution in [3.05, 3.63) is 52.1 Å². The maximum absolute atomic E-state index is 12.9. The Bertz CT molecular complexity index is 1070. The van der Waals surface area contributed by atoms with Gasteiger partial charge in [0.1, 0.15) is 6.33 Å². The summed E-state index contributed by atoms with van der Waals surface area (Å²) in [5.41, 5.74) is 0. The van der Waals surface area contributed by atoms with Crippen molar-refractivity contribution in [2.75, 3.05) is 12.3 Å². The Morgan fingerprint density at radius 1 is 1.19 bits per heavy atom. The zero-order valence-electron chi connectivity index (χ0n) is 17.0. The first kappa shape index (κ1) is 21.7. The van der Waals surface area contributed by atoms with E-state index in [9.17, 15) is 4.79 Å². The molecule has 4 heterocycles. The van der Waals surface area contributed by atoms with Crippen LogP contribution < -0.4 is 0 Å². The van der Waals surface area contributed by atoms with Crippen molar-refractivity contribution >= 4 is 40.3 Å². The summed E-state index contributed by atoms with van der Waals surface area (Å²) in [5.74, 6) is 1.22. The first-order valence-corrected chi connectivity index (χ1v) is 12.6. The van der Waals surface area contributed by atoms with Crippen molar-refractivity contribution in [1.29, 1.82) is 0 Å². The third kappa shape index (κ3) is 5.81. The minimum atomic E-state index is 0.00975. The topological polar surface area (TPSA) is 89.9 Å². The second-order valence-corrected chi connectivity index (χ2v) is 9.64. The summed E-state index contributed by atoms with van der Waals surface area (Å²) in [6.45, 7) is 3.76. The molecule has 4 aromatic heterocycles. The summed E-state index contributed by atoms with van der Waals surface area (Å²) in [7, 11) is 0. The minimum absolute atomic E-state index is 0.00975. The SMILES string of the molecule is CCCN(Cc1nnc(-c2cccs2)o1)C(=O)CSc1nncn1CCc1cccs1. The number of hydrogen-bond donors (Lipinski definition) is 0. The summed E-state index contributed by atoms with van der Waals surface area (Å²) in [6, 6.07) is 8.04. The first-order valence-electron chi connectivity index (χ1n) is 9.90. The van der Waals surface area contributed by atoms with Crippen LogP contribution in [0.3, 0.4) is 0 Å². The highest BCUT2D eigenvalue weighted by atomic mass is 32.2. The molecule has 0 aliphatic rings. The second-order valence-electron chi connectivity index (χ2n) is 6.72. The molecule has 0 unspecified atom stereocenters. The van der Waals surface area contributed by atoms with Crippen molar-refractivity contribution in [3.8, 4) is 10.8 Å². The van der Waals surface area contributed by atoms with Crippen LogP contribution in [0, 0.1) is 0 Å². The number of amides is 1. The van der Waals surface area contributed by atoms with Gasteiger partial charge in [0.15, 0.2) is 5.16 Å². The Kier molecular flexibility index (Phi) is 7.49. The van der Waals surface area contributed by atoms with Crippen LogP contribution in [-0.4, -0.2) is 48.1 Å². The maximum atomic E-state index is 12.9. The highest BCUT2D eigenvalue weighted by Crippen LogP contribution is 2.24. The fourth-order valence-electron chi connectivity index (χ4n) is 2.96. The van der Waals surface area contributed by atoms with Crippen LogP contribution in [0.5, 0.6) is 0 Å². The van der Waals surface area contributed by atoms with Gasteiger partial charge in [0, 0.05) is 18.0 Å². The summed E-state index contributed by atoms with van der Waals surface area (Å²) >= 11 is 4.68. The molecule has 0 radical (unpaired) electrons. The molecule has 0 N–H and O–H groups in total. The van der Waals surface area contributed by atoms with Gasteiger partial charge in [0.25, 0.3) is 5.89 Å². The smallest absolute Gasteiger partial charge is 0.257 e. The first-order chi connectivity index (χ1) is 15.2. The summed E-state index contributed by atoms with van der Waals surface area (Å²) in [6.07, 6.45) is 3.48. The van der Waals surface area contributed by atoms with Crippen LogP contribution in [0.4, 0.5) is 0 Å². The molecule has 0 spiro atoms. The van der Waals surface area contributed by atoms with E-state index in [0.29, 0.717) is 24.9 Å². The molecule has 0 bridgehead atoms. The highest BCUT2D eigenvalue weighted by Gasteiger charge is 2.19. The molecule has 1 amide bonds.